The van der Waals surface area contributed by atoms with Crippen LogP contribution in [0, 0.1) is 0 Å². The van der Waals surface area contributed by atoms with E-state index in [0.717, 1.165) is 31.6 Å². The summed E-state index contributed by atoms with van der Waals surface area (Å²) >= 11 is 0. The van der Waals surface area contributed by atoms with Crippen molar-refractivity contribution >= 4 is 5.91 Å². The Morgan fingerprint density at radius 2 is 2.12 bits per heavy atom. The molecule has 3 rings (SSSR count). The summed E-state index contributed by atoms with van der Waals surface area (Å²) in [6, 6.07) is 10.1. The zero-order valence-corrected chi connectivity index (χ0v) is 14.4. The molecule has 0 N–H and O–H groups in total. The minimum Gasteiger partial charge on any atom is -0.382 e. The molecule has 5 nitrogen and oxygen atoms in total. The zero-order valence-electron chi connectivity index (χ0n) is 14.4. The van der Waals surface area contributed by atoms with Crippen molar-refractivity contribution < 1.29 is 9.53 Å². The van der Waals surface area contributed by atoms with E-state index in [0.29, 0.717) is 13.0 Å². The lowest BCUT2D eigenvalue weighted by molar-refractivity contribution is -0.135. The van der Waals surface area contributed by atoms with Crippen LogP contribution >= 0.6 is 0 Å². The molecule has 1 aliphatic rings. The molecule has 2 heterocycles. The number of hydrogen-bond acceptors (Lipinski definition) is 3. The number of aryl methyl sites for hydroxylation is 2. The van der Waals surface area contributed by atoms with Crippen molar-refractivity contribution in [3.8, 4) is 0 Å². The van der Waals surface area contributed by atoms with Gasteiger partial charge in [0.05, 0.1) is 24.5 Å². The standard InChI is InChI=1S/C19H25N3O2/c1-3-22-19-16(13-20-22)11-12-21(17(19)14-24-2)18(23)10-9-15-7-5-4-6-8-15/h4-8,13,17H,3,9-12,14H2,1-2H3/t17-/m1/s1. The molecular weight excluding hydrogens is 302 g/mol. The van der Waals surface area contributed by atoms with Crippen LogP contribution in [0.15, 0.2) is 36.5 Å². The van der Waals surface area contributed by atoms with Gasteiger partial charge in [0.1, 0.15) is 0 Å². The molecule has 0 fully saturated rings. The molecule has 0 unspecified atom stereocenters. The maximum absolute atomic E-state index is 12.8. The highest BCUT2D eigenvalue weighted by Gasteiger charge is 2.33. The van der Waals surface area contributed by atoms with E-state index in [-0.39, 0.29) is 11.9 Å². The van der Waals surface area contributed by atoms with Gasteiger partial charge in [-0.15, -0.1) is 0 Å². The van der Waals surface area contributed by atoms with E-state index >= 15 is 0 Å². The first-order valence-corrected chi connectivity index (χ1v) is 8.61. The average molecular weight is 327 g/mol. The number of hydrogen-bond donors (Lipinski definition) is 0. The molecule has 1 aromatic heterocycles. The molecule has 0 aliphatic carbocycles. The third kappa shape index (κ3) is 3.36. The van der Waals surface area contributed by atoms with E-state index in [1.54, 1.807) is 7.11 Å². The van der Waals surface area contributed by atoms with E-state index in [4.69, 9.17) is 4.74 Å². The van der Waals surface area contributed by atoms with Crippen LogP contribution in [0.3, 0.4) is 0 Å². The van der Waals surface area contributed by atoms with Gasteiger partial charge in [-0.1, -0.05) is 30.3 Å². The third-order valence-electron chi connectivity index (χ3n) is 4.69. The van der Waals surface area contributed by atoms with Crippen LogP contribution < -0.4 is 0 Å². The monoisotopic (exact) mass is 327 g/mol. The van der Waals surface area contributed by atoms with Crippen molar-refractivity contribution in [2.75, 3.05) is 20.3 Å². The Kier molecular flexibility index (Phi) is 5.30. The van der Waals surface area contributed by atoms with Gasteiger partial charge in [-0.25, -0.2) is 0 Å². The zero-order chi connectivity index (χ0) is 16.9. The summed E-state index contributed by atoms with van der Waals surface area (Å²) in [5.74, 6) is 0.190. The lowest BCUT2D eigenvalue weighted by atomic mass is 9.99. The summed E-state index contributed by atoms with van der Waals surface area (Å²) in [5, 5.41) is 4.46. The Balaban J connectivity index is 1.75. The number of amides is 1. The summed E-state index contributed by atoms with van der Waals surface area (Å²) < 4.78 is 7.41. The van der Waals surface area contributed by atoms with Crippen molar-refractivity contribution in [1.29, 1.82) is 0 Å². The number of methoxy groups -OCH3 is 1. The molecule has 1 aromatic carbocycles. The van der Waals surface area contributed by atoms with E-state index in [9.17, 15) is 4.79 Å². The Morgan fingerprint density at radius 3 is 2.83 bits per heavy atom. The predicted molar refractivity (Wildman–Crippen MR) is 92.7 cm³/mol. The number of carbonyl (C=O) groups excluding carboxylic acids is 1. The smallest absolute Gasteiger partial charge is 0.223 e. The summed E-state index contributed by atoms with van der Waals surface area (Å²) in [7, 11) is 1.69. The van der Waals surface area contributed by atoms with Gasteiger partial charge in [-0.3, -0.25) is 9.48 Å². The van der Waals surface area contributed by atoms with Crippen LogP contribution in [-0.4, -0.2) is 40.8 Å². The van der Waals surface area contributed by atoms with Gasteiger partial charge in [-0.2, -0.15) is 5.10 Å². The molecule has 0 saturated heterocycles. The Labute approximate surface area is 143 Å². The number of fused-ring (bicyclic) bond motifs is 1. The number of aromatic nitrogens is 2. The molecule has 2 aromatic rings. The van der Waals surface area contributed by atoms with Crippen molar-refractivity contribution in [2.24, 2.45) is 0 Å². The summed E-state index contributed by atoms with van der Waals surface area (Å²) in [6.07, 6.45) is 4.11. The average Bonchev–Trinajstić information content (AvgIpc) is 3.04. The van der Waals surface area contributed by atoms with E-state index in [2.05, 4.69) is 24.2 Å². The molecule has 1 amide bonds. The molecule has 128 valence electrons. The maximum atomic E-state index is 12.8. The highest BCUT2D eigenvalue weighted by molar-refractivity contribution is 5.77. The Hall–Kier alpha value is -2.14. The lowest BCUT2D eigenvalue weighted by Gasteiger charge is -2.36. The second-order valence-electron chi connectivity index (χ2n) is 6.16. The maximum Gasteiger partial charge on any atom is 0.223 e. The topological polar surface area (TPSA) is 47.4 Å². The minimum atomic E-state index is -0.0375. The van der Waals surface area contributed by atoms with Gasteiger partial charge in [0.25, 0.3) is 0 Å². The van der Waals surface area contributed by atoms with Gasteiger partial charge in [0, 0.05) is 26.6 Å². The Bertz CT molecular complexity index is 668. The number of rotatable bonds is 6. The summed E-state index contributed by atoms with van der Waals surface area (Å²) in [6.45, 7) is 4.13. The van der Waals surface area contributed by atoms with Gasteiger partial charge in [0.2, 0.25) is 5.91 Å². The number of benzene rings is 1. The minimum absolute atomic E-state index is 0.0375. The van der Waals surface area contributed by atoms with E-state index in [1.165, 1.54) is 11.1 Å². The first-order chi connectivity index (χ1) is 11.7. The molecule has 24 heavy (non-hydrogen) atoms. The van der Waals surface area contributed by atoms with E-state index in [1.807, 2.05) is 34.0 Å². The van der Waals surface area contributed by atoms with Gasteiger partial charge in [0.15, 0.2) is 0 Å². The van der Waals surface area contributed by atoms with Crippen LogP contribution in [0.4, 0.5) is 0 Å². The predicted octanol–water partition coefficient (Wildman–Crippen LogP) is 2.61. The van der Waals surface area contributed by atoms with Crippen LogP contribution in [0.1, 0.15) is 36.2 Å². The van der Waals surface area contributed by atoms with Gasteiger partial charge in [-0.05, 0) is 30.9 Å². The molecule has 0 spiro atoms. The van der Waals surface area contributed by atoms with Crippen LogP contribution in [0.2, 0.25) is 0 Å². The molecule has 0 saturated carbocycles. The quantitative estimate of drug-likeness (QED) is 0.819. The van der Waals surface area contributed by atoms with Gasteiger partial charge >= 0.3 is 0 Å². The molecule has 1 aliphatic heterocycles. The van der Waals surface area contributed by atoms with Crippen molar-refractivity contribution in [3.05, 3.63) is 53.3 Å². The fourth-order valence-corrected chi connectivity index (χ4v) is 3.47. The SMILES string of the molecule is CCn1ncc2c1[C@@H](COC)N(C(=O)CCc1ccccc1)CC2. The molecule has 0 bridgehead atoms. The molecule has 0 radical (unpaired) electrons. The number of nitrogens with zero attached hydrogens (tertiary/aromatic N) is 3. The van der Waals surface area contributed by atoms with E-state index < -0.39 is 0 Å². The summed E-state index contributed by atoms with van der Waals surface area (Å²) in [5.41, 5.74) is 3.58. The van der Waals surface area contributed by atoms with Crippen molar-refractivity contribution in [2.45, 2.75) is 38.8 Å². The summed E-state index contributed by atoms with van der Waals surface area (Å²) in [4.78, 5) is 14.8. The molecular formula is C19H25N3O2. The van der Waals surface area contributed by atoms with Crippen molar-refractivity contribution in [3.63, 3.8) is 0 Å². The largest absolute Gasteiger partial charge is 0.382 e. The van der Waals surface area contributed by atoms with Crippen LogP contribution in [0.5, 0.6) is 0 Å². The number of carbonyl (C=O) groups is 1. The molecule has 5 heteroatoms. The second-order valence-corrected chi connectivity index (χ2v) is 6.16. The van der Waals surface area contributed by atoms with Crippen molar-refractivity contribution in [1.82, 2.24) is 14.7 Å². The number of ether oxygens (including phenoxy) is 1. The highest BCUT2D eigenvalue weighted by atomic mass is 16.5. The fourth-order valence-electron chi connectivity index (χ4n) is 3.47. The van der Waals surface area contributed by atoms with Crippen LogP contribution in [-0.2, 0) is 28.9 Å². The third-order valence-corrected chi connectivity index (χ3v) is 4.69. The first kappa shape index (κ1) is 16.7. The normalized spacial score (nSPS) is 16.9. The second kappa shape index (κ2) is 7.62. The first-order valence-electron chi connectivity index (χ1n) is 8.61. The van der Waals surface area contributed by atoms with Gasteiger partial charge < -0.3 is 9.64 Å². The fraction of sp³-hybridized carbons (Fsp3) is 0.474. The Morgan fingerprint density at radius 1 is 1.33 bits per heavy atom. The van der Waals surface area contributed by atoms with Crippen LogP contribution in [0.25, 0.3) is 0 Å². The lowest BCUT2D eigenvalue weighted by Crippen LogP contribution is -2.42. The molecule has 1 atom stereocenters. The highest BCUT2D eigenvalue weighted by Crippen LogP contribution is 2.30.